The van der Waals surface area contributed by atoms with E-state index in [4.69, 9.17) is 10.5 Å². The third-order valence-electron chi connectivity index (χ3n) is 2.50. The topological polar surface area (TPSA) is 90.1 Å². The second-order valence-corrected chi connectivity index (χ2v) is 4.81. The van der Waals surface area contributed by atoms with Crippen LogP contribution < -0.4 is 15.8 Å². The fraction of sp³-hybridized carbons (Fsp3) is 0.182. The van der Waals surface area contributed by atoms with Gasteiger partial charge in [0.15, 0.2) is 6.61 Å². The Hall–Kier alpha value is -1.99. The molecule has 0 spiro atoms. The van der Waals surface area contributed by atoms with Crippen molar-refractivity contribution in [3.05, 3.63) is 23.2 Å². The molecule has 3 N–H and O–H groups in total. The quantitative estimate of drug-likeness (QED) is 0.842. The molecule has 0 fully saturated rings. The van der Waals surface area contributed by atoms with Gasteiger partial charge in [0.25, 0.3) is 5.91 Å². The van der Waals surface area contributed by atoms with E-state index in [1.54, 1.807) is 0 Å². The Kier molecular flexibility index (Phi) is 2.69. The van der Waals surface area contributed by atoms with Crippen molar-refractivity contribution in [2.45, 2.75) is 6.54 Å². The summed E-state index contributed by atoms with van der Waals surface area (Å²) >= 11 is 1.44. The molecule has 1 aliphatic rings. The molecule has 0 unspecified atom stereocenters. The van der Waals surface area contributed by atoms with Gasteiger partial charge in [-0.1, -0.05) is 11.3 Å². The predicted molar refractivity (Wildman–Crippen MR) is 67.4 cm³/mol. The molecule has 92 valence electrons. The van der Waals surface area contributed by atoms with Crippen LogP contribution >= 0.6 is 11.3 Å². The van der Waals surface area contributed by atoms with Crippen molar-refractivity contribution in [2.24, 2.45) is 5.73 Å². The number of hydrogen-bond acceptors (Lipinski definition) is 6. The Balaban J connectivity index is 1.98. The predicted octanol–water partition coefficient (Wildman–Crippen LogP) is 0.995. The summed E-state index contributed by atoms with van der Waals surface area (Å²) in [5.74, 6) is 0.515. The van der Waals surface area contributed by atoms with Crippen LogP contribution in [0.15, 0.2) is 18.2 Å². The van der Waals surface area contributed by atoms with Crippen molar-refractivity contribution < 1.29 is 9.53 Å². The van der Waals surface area contributed by atoms with Crippen molar-refractivity contribution in [1.82, 2.24) is 10.2 Å². The van der Waals surface area contributed by atoms with Gasteiger partial charge < -0.3 is 15.8 Å². The SMILES string of the molecule is NCc1nnc(-c2ccc3c(c2)NC(=O)CO3)s1. The van der Waals surface area contributed by atoms with E-state index in [0.29, 0.717) is 18.0 Å². The van der Waals surface area contributed by atoms with Gasteiger partial charge in [0, 0.05) is 12.1 Å². The maximum absolute atomic E-state index is 11.2. The first-order valence-corrected chi connectivity index (χ1v) is 6.17. The van der Waals surface area contributed by atoms with Crippen LogP contribution in [-0.2, 0) is 11.3 Å². The molecule has 0 bridgehead atoms. The zero-order valence-corrected chi connectivity index (χ0v) is 10.2. The Labute approximate surface area is 107 Å². The lowest BCUT2D eigenvalue weighted by Crippen LogP contribution is -2.25. The molecular formula is C11H10N4O2S. The largest absolute Gasteiger partial charge is 0.482 e. The molecule has 1 aromatic heterocycles. The first-order valence-electron chi connectivity index (χ1n) is 5.36. The van der Waals surface area contributed by atoms with Crippen LogP contribution in [0.3, 0.4) is 0 Å². The lowest BCUT2D eigenvalue weighted by molar-refractivity contribution is -0.118. The molecule has 6 nitrogen and oxygen atoms in total. The molecule has 0 atom stereocenters. The zero-order valence-electron chi connectivity index (χ0n) is 9.34. The third-order valence-corrected chi connectivity index (χ3v) is 3.50. The molecule has 0 saturated carbocycles. The van der Waals surface area contributed by atoms with Crippen LogP contribution in [0.4, 0.5) is 5.69 Å². The van der Waals surface area contributed by atoms with Crippen LogP contribution in [0.2, 0.25) is 0 Å². The summed E-state index contributed by atoms with van der Waals surface area (Å²) in [6.45, 7) is 0.435. The first-order chi connectivity index (χ1) is 8.76. The third kappa shape index (κ3) is 1.93. The Morgan fingerprint density at radius 3 is 3.11 bits per heavy atom. The average Bonchev–Trinajstić information content (AvgIpc) is 2.86. The second-order valence-electron chi connectivity index (χ2n) is 3.75. The smallest absolute Gasteiger partial charge is 0.262 e. The van der Waals surface area contributed by atoms with E-state index in [0.717, 1.165) is 15.6 Å². The van der Waals surface area contributed by atoms with E-state index in [2.05, 4.69) is 15.5 Å². The fourth-order valence-corrected chi connectivity index (χ4v) is 2.38. The van der Waals surface area contributed by atoms with Gasteiger partial charge >= 0.3 is 0 Å². The molecule has 1 aromatic carbocycles. The van der Waals surface area contributed by atoms with Crippen molar-refractivity contribution in [3.63, 3.8) is 0 Å². The molecule has 3 rings (SSSR count). The maximum atomic E-state index is 11.2. The number of carbonyl (C=O) groups excluding carboxylic acids is 1. The minimum absolute atomic E-state index is 0.0580. The molecule has 7 heteroatoms. The van der Waals surface area contributed by atoms with E-state index >= 15 is 0 Å². The van der Waals surface area contributed by atoms with E-state index in [1.807, 2.05) is 18.2 Å². The van der Waals surface area contributed by atoms with E-state index in [1.165, 1.54) is 11.3 Å². The Morgan fingerprint density at radius 2 is 2.33 bits per heavy atom. The fourth-order valence-electron chi connectivity index (χ4n) is 1.67. The Bertz CT molecular complexity index is 611. The Morgan fingerprint density at radius 1 is 1.44 bits per heavy atom. The molecule has 0 aliphatic carbocycles. The summed E-state index contributed by atoms with van der Waals surface area (Å²) in [5, 5.41) is 12.3. The average molecular weight is 262 g/mol. The highest BCUT2D eigenvalue weighted by atomic mass is 32.1. The van der Waals surface area contributed by atoms with Gasteiger partial charge in [0.1, 0.15) is 15.8 Å². The minimum atomic E-state index is -0.153. The molecule has 1 amide bonds. The maximum Gasteiger partial charge on any atom is 0.262 e. The lowest BCUT2D eigenvalue weighted by atomic mass is 10.2. The molecule has 0 saturated heterocycles. The number of ether oxygens (including phenoxy) is 1. The van der Waals surface area contributed by atoms with Gasteiger partial charge in [0.2, 0.25) is 0 Å². The molecule has 0 radical (unpaired) electrons. The van der Waals surface area contributed by atoms with E-state index < -0.39 is 0 Å². The summed E-state index contributed by atoms with van der Waals surface area (Å²) in [6.07, 6.45) is 0. The van der Waals surface area contributed by atoms with Crippen LogP contribution in [0.5, 0.6) is 5.75 Å². The number of benzene rings is 1. The molecule has 2 heterocycles. The van der Waals surface area contributed by atoms with Crippen LogP contribution in [0.25, 0.3) is 10.6 Å². The standard InChI is InChI=1S/C11H10N4O2S/c12-4-10-14-15-11(18-10)6-1-2-8-7(3-6)13-9(16)5-17-8/h1-3H,4-5,12H2,(H,13,16). The monoisotopic (exact) mass is 262 g/mol. The van der Waals surface area contributed by atoms with Gasteiger partial charge in [-0.3, -0.25) is 4.79 Å². The van der Waals surface area contributed by atoms with Crippen LogP contribution in [-0.4, -0.2) is 22.7 Å². The molecule has 1 aliphatic heterocycles. The second kappa shape index (κ2) is 4.35. The highest BCUT2D eigenvalue weighted by Crippen LogP contribution is 2.33. The number of hydrogen-bond donors (Lipinski definition) is 2. The summed E-state index contributed by atoms with van der Waals surface area (Å²) in [6, 6.07) is 5.53. The number of rotatable bonds is 2. The van der Waals surface area contributed by atoms with Gasteiger partial charge in [-0.15, -0.1) is 10.2 Å². The van der Waals surface area contributed by atoms with Gasteiger partial charge in [-0.25, -0.2) is 0 Å². The first kappa shape index (κ1) is 11.1. The molecule has 2 aromatic rings. The highest BCUT2D eigenvalue weighted by Gasteiger charge is 2.17. The van der Waals surface area contributed by atoms with Gasteiger partial charge in [-0.05, 0) is 18.2 Å². The van der Waals surface area contributed by atoms with Crippen LogP contribution in [0.1, 0.15) is 5.01 Å². The number of nitrogens with two attached hydrogens (primary N) is 1. The number of fused-ring (bicyclic) bond motifs is 1. The summed E-state index contributed by atoms with van der Waals surface area (Å²) in [4.78, 5) is 11.2. The summed E-state index contributed by atoms with van der Waals surface area (Å²) in [7, 11) is 0. The van der Waals surface area contributed by atoms with Crippen molar-refractivity contribution >= 4 is 22.9 Å². The van der Waals surface area contributed by atoms with Gasteiger partial charge in [-0.2, -0.15) is 0 Å². The number of carbonyl (C=O) groups is 1. The van der Waals surface area contributed by atoms with Crippen molar-refractivity contribution in [1.29, 1.82) is 0 Å². The van der Waals surface area contributed by atoms with Crippen LogP contribution in [0, 0.1) is 0 Å². The molecule has 18 heavy (non-hydrogen) atoms. The zero-order chi connectivity index (χ0) is 12.5. The summed E-state index contributed by atoms with van der Waals surface area (Å²) in [5.41, 5.74) is 7.05. The number of anilines is 1. The lowest BCUT2D eigenvalue weighted by Gasteiger charge is -2.17. The molecular weight excluding hydrogens is 252 g/mol. The number of nitrogens with zero attached hydrogens (tertiary/aromatic N) is 2. The minimum Gasteiger partial charge on any atom is -0.482 e. The van der Waals surface area contributed by atoms with E-state index in [-0.39, 0.29) is 12.5 Å². The van der Waals surface area contributed by atoms with Crippen molar-refractivity contribution in [2.75, 3.05) is 11.9 Å². The number of nitrogens with one attached hydrogen (secondary N) is 1. The number of aromatic nitrogens is 2. The van der Waals surface area contributed by atoms with Crippen molar-refractivity contribution in [3.8, 4) is 16.3 Å². The normalized spacial score (nSPS) is 13.7. The highest BCUT2D eigenvalue weighted by molar-refractivity contribution is 7.14. The van der Waals surface area contributed by atoms with Gasteiger partial charge in [0.05, 0.1) is 5.69 Å². The number of amides is 1. The summed E-state index contributed by atoms with van der Waals surface area (Å²) < 4.78 is 5.29. The van der Waals surface area contributed by atoms with E-state index in [9.17, 15) is 4.79 Å².